The van der Waals surface area contributed by atoms with Gasteiger partial charge in [-0.15, -0.1) is 11.6 Å². The second-order valence-corrected chi connectivity index (χ2v) is 3.34. The number of hydrogen-bond donors (Lipinski definition) is 0. The van der Waals surface area contributed by atoms with Gasteiger partial charge in [-0.1, -0.05) is 11.8 Å². The highest BCUT2D eigenvalue weighted by Crippen LogP contribution is 2.31. The van der Waals surface area contributed by atoms with Crippen LogP contribution in [0.1, 0.15) is 0 Å². The third-order valence-electron chi connectivity index (χ3n) is 1.14. The summed E-state index contributed by atoms with van der Waals surface area (Å²) in [5.41, 5.74) is 0. The highest BCUT2D eigenvalue weighted by molar-refractivity contribution is 8.15. The Morgan fingerprint density at radius 3 is 2.62 bits per heavy atom. The zero-order valence-corrected chi connectivity index (χ0v) is 5.84. The Balaban J connectivity index is 2.37. The molecule has 1 saturated heterocycles. The van der Waals surface area contributed by atoms with E-state index in [9.17, 15) is 4.79 Å². The Morgan fingerprint density at radius 2 is 2.62 bits per heavy atom. The number of alkyl halides is 1. The van der Waals surface area contributed by atoms with Crippen LogP contribution in [0, 0.1) is 12.8 Å². The van der Waals surface area contributed by atoms with Crippen LogP contribution in [-0.4, -0.2) is 16.2 Å². The van der Waals surface area contributed by atoms with Crippen LogP contribution >= 0.6 is 23.4 Å². The summed E-state index contributed by atoms with van der Waals surface area (Å²) in [7, 11) is 0. The standard InChI is InChI=1S/C5H6ClOS/c1-3(6)4-2-8-5(4)7/h3-4H,1-2H2. The number of carbonyl (C=O) groups is 1. The molecule has 1 fully saturated rings. The van der Waals surface area contributed by atoms with Gasteiger partial charge < -0.3 is 0 Å². The summed E-state index contributed by atoms with van der Waals surface area (Å²) in [6.45, 7) is 3.54. The molecule has 2 unspecified atom stereocenters. The van der Waals surface area contributed by atoms with Gasteiger partial charge in [0.15, 0.2) is 5.12 Å². The molecular weight excluding hydrogens is 144 g/mol. The Kier molecular flexibility index (Phi) is 1.83. The Bertz CT molecular complexity index is 113. The van der Waals surface area contributed by atoms with E-state index in [1.807, 2.05) is 0 Å². The fraction of sp³-hybridized carbons (Fsp3) is 0.600. The van der Waals surface area contributed by atoms with Gasteiger partial charge in [-0.05, 0) is 6.92 Å². The van der Waals surface area contributed by atoms with Crippen molar-refractivity contribution in [1.29, 1.82) is 0 Å². The molecule has 0 amide bonds. The van der Waals surface area contributed by atoms with E-state index >= 15 is 0 Å². The average Bonchev–Trinajstić information content (AvgIpc) is 1.61. The Hall–Kier alpha value is 0.310. The molecule has 8 heavy (non-hydrogen) atoms. The van der Waals surface area contributed by atoms with E-state index < -0.39 is 0 Å². The van der Waals surface area contributed by atoms with Crippen LogP contribution in [0.15, 0.2) is 0 Å². The van der Waals surface area contributed by atoms with E-state index in [2.05, 4.69) is 6.92 Å². The molecule has 0 N–H and O–H groups in total. The van der Waals surface area contributed by atoms with Crippen molar-refractivity contribution in [1.82, 2.24) is 0 Å². The molecule has 45 valence electrons. The predicted octanol–water partition coefficient (Wildman–Crippen LogP) is 1.32. The van der Waals surface area contributed by atoms with Crippen molar-refractivity contribution < 1.29 is 4.79 Å². The highest BCUT2D eigenvalue weighted by Gasteiger charge is 2.32. The van der Waals surface area contributed by atoms with Crippen molar-refractivity contribution in [3.8, 4) is 0 Å². The normalized spacial score (nSPS) is 31.8. The topological polar surface area (TPSA) is 17.1 Å². The van der Waals surface area contributed by atoms with Crippen LogP contribution in [0.25, 0.3) is 0 Å². The second-order valence-electron chi connectivity index (χ2n) is 1.75. The molecule has 3 heteroatoms. The zero-order valence-electron chi connectivity index (χ0n) is 4.26. The predicted molar refractivity (Wildman–Crippen MR) is 36.0 cm³/mol. The molecule has 1 rings (SSSR count). The molecule has 0 aromatic rings. The number of thioether (sulfide) groups is 1. The van der Waals surface area contributed by atoms with Gasteiger partial charge in [0.1, 0.15) is 0 Å². The number of hydrogen-bond acceptors (Lipinski definition) is 2. The minimum atomic E-state index is -0.219. The summed E-state index contributed by atoms with van der Waals surface area (Å²) in [6.07, 6.45) is 0. The van der Waals surface area contributed by atoms with Gasteiger partial charge >= 0.3 is 0 Å². The maximum absolute atomic E-state index is 10.5. The van der Waals surface area contributed by atoms with Crippen LogP contribution in [0.2, 0.25) is 0 Å². The fourth-order valence-corrected chi connectivity index (χ4v) is 1.78. The van der Waals surface area contributed by atoms with Crippen molar-refractivity contribution in [2.75, 3.05) is 5.75 Å². The lowest BCUT2D eigenvalue weighted by molar-refractivity contribution is -0.114. The molecule has 0 saturated carbocycles. The summed E-state index contributed by atoms with van der Waals surface area (Å²) in [5, 5.41) is -0.0243. The van der Waals surface area contributed by atoms with E-state index in [4.69, 9.17) is 11.6 Å². The van der Waals surface area contributed by atoms with Gasteiger partial charge in [-0.2, -0.15) is 0 Å². The highest BCUT2D eigenvalue weighted by atomic mass is 35.5. The number of rotatable bonds is 1. The molecule has 2 atom stereocenters. The molecular formula is C5H6ClOS. The van der Waals surface area contributed by atoms with E-state index in [0.717, 1.165) is 5.75 Å². The second kappa shape index (κ2) is 2.28. The largest absolute Gasteiger partial charge is 0.287 e. The van der Waals surface area contributed by atoms with Crippen molar-refractivity contribution in [3.63, 3.8) is 0 Å². The first kappa shape index (κ1) is 6.43. The van der Waals surface area contributed by atoms with Crippen LogP contribution in [-0.2, 0) is 4.79 Å². The lowest BCUT2D eigenvalue weighted by Crippen LogP contribution is -2.31. The number of carbonyl (C=O) groups excluding carboxylic acids is 1. The lowest BCUT2D eigenvalue weighted by Gasteiger charge is -2.24. The van der Waals surface area contributed by atoms with Crippen LogP contribution in [0.5, 0.6) is 0 Å². The first-order valence-electron chi connectivity index (χ1n) is 2.35. The van der Waals surface area contributed by atoms with Gasteiger partial charge in [-0.3, -0.25) is 4.79 Å². The molecule has 1 heterocycles. The van der Waals surface area contributed by atoms with Crippen LogP contribution in [0.3, 0.4) is 0 Å². The molecule has 1 radical (unpaired) electrons. The van der Waals surface area contributed by atoms with E-state index in [1.165, 1.54) is 11.8 Å². The first-order valence-corrected chi connectivity index (χ1v) is 3.78. The summed E-state index contributed by atoms with van der Waals surface area (Å²) in [5.74, 6) is 0.887. The third-order valence-corrected chi connectivity index (χ3v) is 2.56. The van der Waals surface area contributed by atoms with Crippen LogP contribution in [0.4, 0.5) is 0 Å². The maximum Gasteiger partial charge on any atom is 0.194 e. The smallest absolute Gasteiger partial charge is 0.194 e. The molecule has 0 aromatic carbocycles. The van der Waals surface area contributed by atoms with Crippen molar-refractivity contribution in [2.24, 2.45) is 5.92 Å². The summed E-state index contributed by atoms with van der Waals surface area (Å²) in [4.78, 5) is 10.5. The van der Waals surface area contributed by atoms with Gasteiger partial charge in [0.25, 0.3) is 0 Å². The average molecular weight is 150 g/mol. The van der Waals surface area contributed by atoms with Crippen molar-refractivity contribution >= 4 is 28.5 Å². The van der Waals surface area contributed by atoms with E-state index in [-0.39, 0.29) is 16.4 Å². The zero-order chi connectivity index (χ0) is 6.15. The van der Waals surface area contributed by atoms with Crippen molar-refractivity contribution in [2.45, 2.75) is 5.38 Å². The molecule has 1 aliphatic heterocycles. The van der Waals surface area contributed by atoms with Gasteiger partial charge in [0.2, 0.25) is 0 Å². The number of halogens is 1. The van der Waals surface area contributed by atoms with Gasteiger partial charge in [0, 0.05) is 11.1 Å². The minimum Gasteiger partial charge on any atom is -0.287 e. The monoisotopic (exact) mass is 149 g/mol. The molecule has 0 spiro atoms. The van der Waals surface area contributed by atoms with Gasteiger partial charge in [0.05, 0.1) is 5.92 Å². The Labute approximate surface area is 57.8 Å². The summed E-state index contributed by atoms with van der Waals surface area (Å²) < 4.78 is 0. The fourth-order valence-electron chi connectivity index (χ4n) is 0.500. The summed E-state index contributed by atoms with van der Waals surface area (Å²) in [6, 6.07) is 0. The SMILES string of the molecule is [CH2]C(Cl)C1CSC1=O. The van der Waals surface area contributed by atoms with E-state index in [0.29, 0.717) is 0 Å². The maximum atomic E-state index is 10.5. The molecule has 1 nitrogen and oxygen atoms in total. The third kappa shape index (κ3) is 1.00. The minimum absolute atomic E-state index is 0.0293. The molecule has 0 bridgehead atoms. The van der Waals surface area contributed by atoms with Gasteiger partial charge in [-0.25, -0.2) is 0 Å². The van der Waals surface area contributed by atoms with Crippen LogP contribution < -0.4 is 0 Å². The van der Waals surface area contributed by atoms with Crippen molar-refractivity contribution in [3.05, 3.63) is 6.92 Å². The molecule has 0 aromatic heterocycles. The quantitative estimate of drug-likeness (QED) is 0.523. The lowest BCUT2D eigenvalue weighted by atomic mass is 10.1. The van der Waals surface area contributed by atoms with E-state index in [1.54, 1.807) is 0 Å². The summed E-state index contributed by atoms with van der Waals surface area (Å²) >= 11 is 6.86. The molecule has 0 aliphatic carbocycles. The molecule has 1 aliphatic rings. The Morgan fingerprint density at radius 1 is 2.00 bits per heavy atom. The first-order chi connectivity index (χ1) is 3.72.